The maximum absolute atomic E-state index is 14.7. The number of fused-ring (bicyclic) bond motifs is 2. The Balaban J connectivity index is 1.62. The van der Waals surface area contributed by atoms with Gasteiger partial charge in [0, 0.05) is 28.3 Å². The van der Waals surface area contributed by atoms with Gasteiger partial charge in [-0.25, -0.2) is 9.37 Å². The van der Waals surface area contributed by atoms with E-state index in [0.717, 1.165) is 17.7 Å². The molecule has 0 spiro atoms. The van der Waals surface area contributed by atoms with Gasteiger partial charge in [-0.2, -0.15) is 13.2 Å². The zero-order chi connectivity index (χ0) is 31.5. The predicted octanol–water partition coefficient (Wildman–Crippen LogP) is 5.37. The van der Waals surface area contributed by atoms with Gasteiger partial charge in [-0.1, -0.05) is 35.3 Å². The highest BCUT2D eigenvalue weighted by Crippen LogP contribution is 2.48. The smallest absolute Gasteiger partial charge is 0.424 e. The third-order valence-electron chi connectivity index (χ3n) is 7.36. The lowest BCUT2D eigenvalue weighted by Crippen LogP contribution is -2.51. The number of hydrogen-bond donors (Lipinski definition) is 3. The highest BCUT2D eigenvalue weighted by atomic mass is 35.5. The molecule has 0 saturated heterocycles. The zero-order valence-corrected chi connectivity index (χ0v) is 24.0. The molecule has 1 aliphatic rings. The molecule has 43 heavy (non-hydrogen) atoms. The molecule has 2 aromatic heterocycles. The minimum absolute atomic E-state index is 0.0849. The first-order valence-electron chi connectivity index (χ1n) is 12.6. The Morgan fingerprint density at radius 2 is 1.91 bits per heavy atom. The summed E-state index contributed by atoms with van der Waals surface area (Å²) in [7, 11) is 0. The topological polar surface area (TPSA) is 127 Å². The van der Waals surface area contributed by atoms with Gasteiger partial charge < -0.3 is 20.9 Å². The lowest BCUT2D eigenvalue weighted by Gasteiger charge is -2.31. The summed E-state index contributed by atoms with van der Waals surface area (Å²) in [6.07, 6.45) is -3.84. The van der Waals surface area contributed by atoms with Crippen molar-refractivity contribution in [1.29, 1.82) is 0 Å². The van der Waals surface area contributed by atoms with E-state index < -0.39 is 52.1 Å². The maximum Gasteiger partial charge on any atom is 0.424 e. The Morgan fingerprint density at radius 3 is 2.58 bits per heavy atom. The van der Waals surface area contributed by atoms with E-state index in [9.17, 15) is 32.3 Å². The monoisotopic (exact) mass is 636 g/mol. The van der Waals surface area contributed by atoms with Crippen molar-refractivity contribution in [3.8, 4) is 17.0 Å². The van der Waals surface area contributed by atoms with Crippen LogP contribution in [0.25, 0.3) is 22.2 Å². The molecule has 1 aliphatic heterocycles. The molecule has 14 heteroatoms. The maximum atomic E-state index is 14.7. The number of aryl methyl sites for hydroxylation is 1. The van der Waals surface area contributed by atoms with E-state index in [1.807, 2.05) is 0 Å². The molecule has 0 aliphatic carbocycles. The number of amides is 2. The van der Waals surface area contributed by atoms with Gasteiger partial charge in [0.05, 0.1) is 27.8 Å². The van der Waals surface area contributed by atoms with Crippen LogP contribution in [0.2, 0.25) is 10.0 Å². The van der Waals surface area contributed by atoms with Crippen LogP contribution in [0.15, 0.2) is 48.7 Å². The van der Waals surface area contributed by atoms with Gasteiger partial charge in [0.1, 0.15) is 29.3 Å². The van der Waals surface area contributed by atoms with Crippen LogP contribution in [0.5, 0.6) is 5.75 Å². The summed E-state index contributed by atoms with van der Waals surface area (Å²) in [5.41, 5.74) is -0.445. The Labute approximate surface area is 251 Å². The summed E-state index contributed by atoms with van der Waals surface area (Å²) in [4.78, 5) is 33.7. The van der Waals surface area contributed by atoms with Crippen molar-refractivity contribution < 1.29 is 37.0 Å². The first-order chi connectivity index (χ1) is 20.1. The van der Waals surface area contributed by atoms with Crippen molar-refractivity contribution in [2.75, 3.05) is 13.2 Å². The minimum Gasteiger partial charge on any atom is -0.489 e. The fourth-order valence-electron chi connectivity index (χ4n) is 4.76. The molecule has 224 valence electrons. The molecule has 0 fully saturated rings. The number of nitrogens with zero attached hydrogens (tertiary/aromatic N) is 2. The summed E-state index contributed by atoms with van der Waals surface area (Å²) in [5, 5.41) is 13.4. The van der Waals surface area contributed by atoms with Crippen molar-refractivity contribution >= 4 is 45.9 Å². The van der Waals surface area contributed by atoms with E-state index in [1.54, 1.807) is 19.2 Å². The quantitative estimate of drug-likeness (QED) is 0.244. The second-order valence-electron chi connectivity index (χ2n) is 10.4. The number of rotatable bonds is 6. The molecule has 4 aromatic rings. The van der Waals surface area contributed by atoms with Crippen molar-refractivity contribution in [2.24, 2.45) is 5.73 Å². The van der Waals surface area contributed by atoms with Crippen LogP contribution in [0.4, 0.5) is 17.6 Å². The molecule has 4 N–H and O–H groups in total. The predicted molar refractivity (Wildman–Crippen MR) is 150 cm³/mol. The number of aliphatic hydroxyl groups is 1. The number of hydrogen-bond acceptors (Lipinski definition) is 6. The first-order valence-corrected chi connectivity index (χ1v) is 13.4. The van der Waals surface area contributed by atoms with Gasteiger partial charge in [-0.05, 0) is 49.7 Å². The molecule has 5 rings (SSSR count). The molecule has 2 aromatic carbocycles. The van der Waals surface area contributed by atoms with Crippen LogP contribution >= 0.6 is 23.2 Å². The fourth-order valence-corrected chi connectivity index (χ4v) is 5.25. The Hall–Kier alpha value is -4.00. The SMILES string of the molecule is Cc1cnc2c(Cl)cc(C(=O)NC[C@](O)(c3cc4c(c(-c5cccc(F)c5Cl)n3)OC[C@]4(C)C(N)=O)C(F)(F)F)cc2c1. The Bertz CT molecular complexity index is 1820. The number of nitrogens with one attached hydrogen (secondary N) is 1. The van der Waals surface area contributed by atoms with Crippen LogP contribution < -0.4 is 15.8 Å². The molecule has 8 nitrogen and oxygen atoms in total. The minimum atomic E-state index is -5.41. The number of halogens is 6. The average molecular weight is 637 g/mol. The Morgan fingerprint density at radius 1 is 1.19 bits per heavy atom. The standard InChI is InChI=1S/C29H22Cl2F4N4O4/c1-13-6-14-7-15(8-18(30)22(14)37-10-13)25(40)38-11-28(42,29(33,34)35)20-9-17-24(43-12-27(17,2)26(36)41)23(39-20)16-4-3-5-19(32)21(16)31/h3-10,42H,11-12H2,1-2H3,(H2,36,41)(H,38,40)/t27-,28-/m0/s1. The van der Waals surface area contributed by atoms with Gasteiger partial charge in [-0.3, -0.25) is 14.6 Å². The molecule has 2 atom stereocenters. The number of carbonyl (C=O) groups excluding carboxylic acids is 2. The normalized spacial score (nSPS) is 17.7. The Kier molecular flexibility index (Phi) is 7.52. The highest BCUT2D eigenvalue weighted by Gasteiger charge is 2.57. The van der Waals surface area contributed by atoms with Crippen LogP contribution in [0.3, 0.4) is 0 Å². The van der Waals surface area contributed by atoms with Gasteiger partial charge in [0.25, 0.3) is 5.91 Å². The largest absolute Gasteiger partial charge is 0.489 e. The van der Waals surface area contributed by atoms with E-state index in [4.69, 9.17) is 33.7 Å². The molecule has 0 radical (unpaired) electrons. The van der Waals surface area contributed by atoms with Gasteiger partial charge in [-0.15, -0.1) is 0 Å². The lowest BCUT2D eigenvalue weighted by atomic mass is 9.81. The molecular weight excluding hydrogens is 615 g/mol. The number of pyridine rings is 2. The van der Waals surface area contributed by atoms with Crippen LogP contribution in [-0.2, 0) is 15.8 Å². The third-order valence-corrected chi connectivity index (χ3v) is 8.03. The van der Waals surface area contributed by atoms with Crippen LogP contribution in [-0.4, -0.2) is 46.2 Å². The van der Waals surface area contributed by atoms with E-state index in [0.29, 0.717) is 10.9 Å². The van der Waals surface area contributed by atoms with E-state index >= 15 is 0 Å². The molecule has 3 heterocycles. The number of primary amides is 1. The van der Waals surface area contributed by atoms with Crippen LogP contribution in [0.1, 0.15) is 34.1 Å². The van der Waals surface area contributed by atoms with Crippen LogP contribution in [0, 0.1) is 12.7 Å². The van der Waals surface area contributed by atoms with E-state index in [1.165, 1.54) is 31.2 Å². The molecule has 2 amide bonds. The fraction of sp³-hybridized carbons (Fsp3) is 0.241. The van der Waals surface area contributed by atoms with E-state index in [-0.39, 0.29) is 39.8 Å². The number of benzene rings is 2. The lowest BCUT2D eigenvalue weighted by molar-refractivity contribution is -0.265. The molecule has 0 bridgehead atoms. The highest BCUT2D eigenvalue weighted by molar-refractivity contribution is 6.35. The number of nitrogens with two attached hydrogens (primary N) is 1. The van der Waals surface area contributed by atoms with Crippen molar-refractivity contribution in [1.82, 2.24) is 15.3 Å². The number of aromatic nitrogens is 2. The van der Waals surface area contributed by atoms with Crippen molar-refractivity contribution in [3.63, 3.8) is 0 Å². The zero-order valence-electron chi connectivity index (χ0n) is 22.4. The molecule has 0 unspecified atom stereocenters. The molecular formula is C29H22Cl2F4N4O4. The second-order valence-corrected chi connectivity index (χ2v) is 11.2. The molecule has 0 saturated carbocycles. The average Bonchev–Trinajstić information content (AvgIpc) is 3.29. The number of carbonyl (C=O) groups is 2. The first kappa shape index (κ1) is 30.5. The number of ether oxygens (including phenoxy) is 1. The van der Waals surface area contributed by atoms with Crippen molar-refractivity contribution in [2.45, 2.75) is 31.0 Å². The second kappa shape index (κ2) is 10.6. The summed E-state index contributed by atoms with van der Waals surface area (Å²) in [6.45, 7) is 1.35. The summed E-state index contributed by atoms with van der Waals surface area (Å²) in [5.74, 6) is -2.95. The van der Waals surface area contributed by atoms with Gasteiger partial charge in [0.2, 0.25) is 11.5 Å². The number of alkyl halides is 3. The van der Waals surface area contributed by atoms with E-state index in [2.05, 4.69) is 15.3 Å². The third kappa shape index (κ3) is 5.13. The summed E-state index contributed by atoms with van der Waals surface area (Å²) >= 11 is 12.4. The summed E-state index contributed by atoms with van der Waals surface area (Å²) in [6, 6.07) is 8.74. The van der Waals surface area contributed by atoms with Gasteiger partial charge >= 0.3 is 6.18 Å². The van der Waals surface area contributed by atoms with Gasteiger partial charge in [0.15, 0.2) is 0 Å². The van der Waals surface area contributed by atoms with Crippen molar-refractivity contribution in [3.05, 3.63) is 86.9 Å². The summed E-state index contributed by atoms with van der Waals surface area (Å²) < 4.78 is 64.0.